The van der Waals surface area contributed by atoms with Crippen molar-refractivity contribution in [3.63, 3.8) is 0 Å². The summed E-state index contributed by atoms with van der Waals surface area (Å²) in [5.41, 5.74) is 2.59. The largest absolute Gasteiger partial charge is 0.493 e. The predicted octanol–water partition coefficient (Wildman–Crippen LogP) is 3.27. The van der Waals surface area contributed by atoms with Crippen molar-refractivity contribution in [3.05, 3.63) is 29.3 Å². The van der Waals surface area contributed by atoms with Gasteiger partial charge in [-0.05, 0) is 25.0 Å². The lowest BCUT2D eigenvalue weighted by Gasteiger charge is -2.38. The van der Waals surface area contributed by atoms with Gasteiger partial charge in [-0.2, -0.15) is 0 Å². The van der Waals surface area contributed by atoms with Gasteiger partial charge in [-0.15, -0.1) is 0 Å². The summed E-state index contributed by atoms with van der Waals surface area (Å²) in [5, 5.41) is 6.78. The van der Waals surface area contributed by atoms with Crippen molar-refractivity contribution < 1.29 is 9.47 Å². The van der Waals surface area contributed by atoms with E-state index in [-0.39, 0.29) is 5.41 Å². The number of nitrogens with one attached hydrogen (secondary N) is 2. The number of guanidine groups is 1. The molecule has 1 aliphatic heterocycles. The lowest BCUT2D eigenvalue weighted by atomic mass is 9.89. The molecule has 1 saturated heterocycles. The molecular formula is C20H33N3O2. The summed E-state index contributed by atoms with van der Waals surface area (Å²) >= 11 is 0. The van der Waals surface area contributed by atoms with Crippen molar-refractivity contribution in [1.82, 2.24) is 10.6 Å². The van der Waals surface area contributed by atoms with Gasteiger partial charge in [0.05, 0.1) is 19.8 Å². The van der Waals surface area contributed by atoms with Crippen LogP contribution in [0.2, 0.25) is 0 Å². The number of nitrogens with zero attached hydrogens (tertiary/aromatic N) is 1. The van der Waals surface area contributed by atoms with Crippen LogP contribution in [0.1, 0.15) is 44.2 Å². The highest BCUT2D eigenvalue weighted by Crippen LogP contribution is 2.25. The summed E-state index contributed by atoms with van der Waals surface area (Å²) < 4.78 is 11.3. The first kappa shape index (κ1) is 19.6. The van der Waals surface area contributed by atoms with E-state index in [1.807, 2.05) is 0 Å². The van der Waals surface area contributed by atoms with E-state index in [4.69, 9.17) is 9.47 Å². The molecule has 0 spiro atoms. The zero-order chi connectivity index (χ0) is 18.1. The smallest absolute Gasteiger partial charge is 0.191 e. The molecule has 0 amide bonds. The minimum absolute atomic E-state index is 0.217. The summed E-state index contributed by atoms with van der Waals surface area (Å²) in [6.07, 6.45) is 3.51. The molecule has 140 valence electrons. The monoisotopic (exact) mass is 347 g/mol. The Hall–Kier alpha value is -1.75. The van der Waals surface area contributed by atoms with E-state index in [2.05, 4.69) is 54.6 Å². The Labute approximate surface area is 152 Å². The maximum Gasteiger partial charge on any atom is 0.191 e. The third-order valence-electron chi connectivity index (χ3n) is 4.48. The van der Waals surface area contributed by atoms with Crippen molar-refractivity contribution in [2.45, 2.75) is 46.6 Å². The Kier molecular flexibility index (Phi) is 7.56. The number of benzene rings is 1. The van der Waals surface area contributed by atoms with Crippen molar-refractivity contribution >= 4 is 5.96 Å². The van der Waals surface area contributed by atoms with Crippen LogP contribution in [0.15, 0.2) is 23.2 Å². The van der Waals surface area contributed by atoms with Crippen molar-refractivity contribution in [3.8, 4) is 5.75 Å². The molecule has 2 rings (SSSR count). The summed E-state index contributed by atoms with van der Waals surface area (Å²) in [5.74, 6) is 1.78. The maximum atomic E-state index is 6.01. The highest BCUT2D eigenvalue weighted by atomic mass is 16.5. The number of rotatable bonds is 9. The van der Waals surface area contributed by atoms with Crippen LogP contribution in [0.25, 0.3) is 0 Å². The van der Waals surface area contributed by atoms with Crippen molar-refractivity contribution in [2.24, 2.45) is 10.4 Å². The van der Waals surface area contributed by atoms with Crippen LogP contribution in [-0.4, -0.2) is 39.4 Å². The minimum Gasteiger partial charge on any atom is -0.493 e. The molecule has 1 heterocycles. The Morgan fingerprint density at radius 1 is 1.28 bits per heavy atom. The van der Waals surface area contributed by atoms with Crippen LogP contribution in [0, 0.1) is 12.3 Å². The van der Waals surface area contributed by atoms with Gasteiger partial charge in [0.25, 0.3) is 0 Å². The Morgan fingerprint density at radius 2 is 2.08 bits per heavy atom. The molecule has 0 aromatic heterocycles. The van der Waals surface area contributed by atoms with E-state index in [9.17, 15) is 0 Å². The van der Waals surface area contributed by atoms with Crippen molar-refractivity contribution in [2.75, 3.05) is 33.4 Å². The van der Waals surface area contributed by atoms with Crippen molar-refractivity contribution in [1.29, 1.82) is 0 Å². The van der Waals surface area contributed by atoms with Gasteiger partial charge in [-0.3, -0.25) is 4.99 Å². The molecule has 0 unspecified atom stereocenters. The van der Waals surface area contributed by atoms with E-state index in [0.717, 1.165) is 50.1 Å². The number of ether oxygens (including phenoxy) is 2. The molecule has 1 aliphatic rings. The topological polar surface area (TPSA) is 54.9 Å². The molecule has 1 aromatic carbocycles. The zero-order valence-corrected chi connectivity index (χ0v) is 16.2. The lowest BCUT2D eigenvalue weighted by Crippen LogP contribution is -2.50. The molecule has 0 saturated carbocycles. The van der Waals surface area contributed by atoms with Gasteiger partial charge >= 0.3 is 0 Å². The van der Waals surface area contributed by atoms with Crippen LogP contribution in [0.3, 0.4) is 0 Å². The molecule has 5 nitrogen and oxygen atoms in total. The summed E-state index contributed by atoms with van der Waals surface area (Å²) in [7, 11) is 1.80. The molecule has 2 N–H and O–H groups in total. The normalized spacial score (nSPS) is 16.2. The average molecular weight is 348 g/mol. The maximum absolute atomic E-state index is 6.01. The van der Waals surface area contributed by atoms with E-state index in [0.29, 0.717) is 6.54 Å². The number of unbranched alkanes of at least 4 members (excludes halogenated alkanes) is 2. The second-order valence-corrected chi connectivity index (χ2v) is 7.25. The SMILES string of the molecule is CCCCCOc1cc(C)ccc1CNC(=NC)NCC1(C)COC1. The Morgan fingerprint density at radius 3 is 2.72 bits per heavy atom. The number of aliphatic imine (C=N–C) groups is 1. The zero-order valence-electron chi connectivity index (χ0n) is 16.2. The number of hydrogen-bond acceptors (Lipinski definition) is 3. The molecular weight excluding hydrogens is 314 g/mol. The van der Waals surface area contributed by atoms with Gasteiger partial charge in [-0.25, -0.2) is 0 Å². The first-order valence-corrected chi connectivity index (χ1v) is 9.31. The molecule has 0 radical (unpaired) electrons. The lowest BCUT2D eigenvalue weighted by molar-refractivity contribution is -0.0971. The van der Waals surface area contributed by atoms with E-state index in [1.165, 1.54) is 18.4 Å². The third kappa shape index (κ3) is 6.24. The second-order valence-electron chi connectivity index (χ2n) is 7.25. The van der Waals surface area contributed by atoms with E-state index >= 15 is 0 Å². The fourth-order valence-electron chi connectivity index (χ4n) is 2.73. The van der Waals surface area contributed by atoms with Crippen LogP contribution < -0.4 is 15.4 Å². The number of aryl methyl sites for hydroxylation is 1. The fourth-order valence-corrected chi connectivity index (χ4v) is 2.73. The summed E-state index contributed by atoms with van der Waals surface area (Å²) in [4.78, 5) is 4.31. The highest BCUT2D eigenvalue weighted by molar-refractivity contribution is 5.79. The second kappa shape index (κ2) is 9.66. The standard InChI is InChI=1S/C20H33N3O2/c1-5-6-7-10-25-18-11-16(2)8-9-17(18)12-22-19(21-4)23-13-20(3)14-24-15-20/h8-9,11H,5-7,10,12-15H2,1-4H3,(H2,21,22,23). The highest BCUT2D eigenvalue weighted by Gasteiger charge is 2.33. The summed E-state index contributed by atoms with van der Waals surface area (Å²) in [6.45, 7) is 10.5. The molecule has 25 heavy (non-hydrogen) atoms. The molecule has 1 aromatic rings. The van der Waals surface area contributed by atoms with Gasteiger partial charge in [0, 0.05) is 31.1 Å². The van der Waals surface area contributed by atoms with Gasteiger partial charge in [0.2, 0.25) is 0 Å². The molecule has 1 fully saturated rings. The van der Waals surface area contributed by atoms with Gasteiger partial charge in [0.15, 0.2) is 5.96 Å². The van der Waals surface area contributed by atoms with Crippen LogP contribution >= 0.6 is 0 Å². The van der Waals surface area contributed by atoms with Gasteiger partial charge in [-0.1, -0.05) is 38.8 Å². The van der Waals surface area contributed by atoms with E-state index < -0.39 is 0 Å². The quantitative estimate of drug-likeness (QED) is 0.409. The molecule has 0 bridgehead atoms. The first-order valence-electron chi connectivity index (χ1n) is 9.31. The fraction of sp³-hybridized carbons (Fsp3) is 0.650. The molecule has 5 heteroatoms. The Bertz CT molecular complexity index is 568. The average Bonchev–Trinajstić information content (AvgIpc) is 2.58. The molecule has 0 atom stereocenters. The van der Waals surface area contributed by atoms with Gasteiger partial charge < -0.3 is 20.1 Å². The van der Waals surface area contributed by atoms with Crippen LogP contribution in [0.4, 0.5) is 0 Å². The third-order valence-corrected chi connectivity index (χ3v) is 4.48. The first-order chi connectivity index (χ1) is 12.1. The minimum atomic E-state index is 0.217. The van der Waals surface area contributed by atoms with Crippen LogP contribution in [0.5, 0.6) is 5.75 Å². The number of hydrogen-bond donors (Lipinski definition) is 2. The van der Waals surface area contributed by atoms with Crippen LogP contribution in [-0.2, 0) is 11.3 Å². The Balaban J connectivity index is 1.87. The predicted molar refractivity (Wildman–Crippen MR) is 103 cm³/mol. The van der Waals surface area contributed by atoms with E-state index in [1.54, 1.807) is 7.05 Å². The summed E-state index contributed by atoms with van der Waals surface area (Å²) in [6, 6.07) is 6.37. The molecule has 0 aliphatic carbocycles. The van der Waals surface area contributed by atoms with Gasteiger partial charge in [0.1, 0.15) is 5.75 Å².